The van der Waals surface area contributed by atoms with Crippen molar-refractivity contribution in [2.45, 2.75) is 38.5 Å². The minimum atomic E-state index is -0.0407. The summed E-state index contributed by atoms with van der Waals surface area (Å²) < 4.78 is 10.9. The fourth-order valence-electron chi connectivity index (χ4n) is 3.83. The lowest BCUT2D eigenvalue weighted by Crippen LogP contribution is -2.39. The third-order valence-corrected chi connectivity index (χ3v) is 5.51. The van der Waals surface area contributed by atoms with Crippen LogP contribution < -0.4 is 10.2 Å². The standard InChI is InChI=1S/C19H25N5O3/c1-13-16(14-5-11-26-12-6-14)23-27-18(13)22-17(25)15-3-9-24(10-4-15)19-20-7-2-8-21-19/h2,7-8,14-15H,3-6,9-12H2,1H3,(H,22,25). The first-order chi connectivity index (χ1) is 13.2. The molecule has 2 aromatic heterocycles. The largest absolute Gasteiger partial charge is 0.381 e. The second-order valence-corrected chi connectivity index (χ2v) is 7.21. The Labute approximate surface area is 158 Å². The lowest BCUT2D eigenvalue weighted by molar-refractivity contribution is -0.120. The van der Waals surface area contributed by atoms with Crippen LogP contribution >= 0.6 is 0 Å². The zero-order chi connectivity index (χ0) is 18.6. The number of hydrogen-bond donors (Lipinski definition) is 1. The molecule has 8 nitrogen and oxygen atoms in total. The van der Waals surface area contributed by atoms with Gasteiger partial charge in [-0.25, -0.2) is 9.97 Å². The maximum atomic E-state index is 12.7. The lowest BCUT2D eigenvalue weighted by Gasteiger charge is -2.31. The second kappa shape index (κ2) is 8.04. The lowest BCUT2D eigenvalue weighted by atomic mass is 9.94. The van der Waals surface area contributed by atoms with Gasteiger partial charge in [-0.15, -0.1) is 0 Å². The summed E-state index contributed by atoms with van der Waals surface area (Å²) in [5, 5.41) is 7.16. The molecule has 4 heterocycles. The summed E-state index contributed by atoms with van der Waals surface area (Å²) in [5.41, 5.74) is 1.88. The molecule has 0 aliphatic carbocycles. The molecule has 0 unspecified atom stereocenters. The van der Waals surface area contributed by atoms with Gasteiger partial charge in [0.15, 0.2) is 0 Å². The van der Waals surface area contributed by atoms with Gasteiger partial charge >= 0.3 is 0 Å². The van der Waals surface area contributed by atoms with E-state index in [2.05, 4.69) is 25.3 Å². The third kappa shape index (κ3) is 3.95. The smallest absolute Gasteiger partial charge is 0.234 e. The van der Waals surface area contributed by atoms with Crippen LogP contribution in [-0.2, 0) is 9.53 Å². The molecule has 2 aliphatic heterocycles. The van der Waals surface area contributed by atoms with E-state index in [1.807, 2.05) is 6.92 Å². The summed E-state index contributed by atoms with van der Waals surface area (Å²) in [7, 11) is 0. The molecule has 0 atom stereocenters. The van der Waals surface area contributed by atoms with E-state index in [0.717, 1.165) is 69.2 Å². The highest BCUT2D eigenvalue weighted by molar-refractivity contribution is 5.92. The minimum absolute atomic E-state index is 0.00130. The van der Waals surface area contributed by atoms with Crippen LogP contribution in [0.2, 0.25) is 0 Å². The molecule has 0 spiro atoms. The zero-order valence-corrected chi connectivity index (χ0v) is 15.6. The van der Waals surface area contributed by atoms with Crippen LogP contribution in [0.1, 0.15) is 42.9 Å². The van der Waals surface area contributed by atoms with Crippen molar-refractivity contribution in [1.29, 1.82) is 0 Å². The van der Waals surface area contributed by atoms with Crippen molar-refractivity contribution < 1.29 is 14.1 Å². The molecule has 0 aromatic carbocycles. The van der Waals surface area contributed by atoms with Gasteiger partial charge in [0, 0.05) is 56.1 Å². The number of anilines is 2. The van der Waals surface area contributed by atoms with Gasteiger partial charge in [-0.3, -0.25) is 10.1 Å². The Hall–Kier alpha value is -2.48. The summed E-state index contributed by atoms with van der Waals surface area (Å²) in [6.07, 6.45) is 6.91. The van der Waals surface area contributed by atoms with Gasteiger partial charge in [0.2, 0.25) is 17.7 Å². The number of rotatable bonds is 4. The van der Waals surface area contributed by atoms with E-state index in [1.54, 1.807) is 18.5 Å². The molecule has 2 fully saturated rings. The molecule has 27 heavy (non-hydrogen) atoms. The molecule has 2 aliphatic rings. The Morgan fingerprint density at radius 3 is 2.56 bits per heavy atom. The molecule has 1 amide bonds. The van der Waals surface area contributed by atoms with Crippen LogP contribution in [0.25, 0.3) is 0 Å². The quantitative estimate of drug-likeness (QED) is 0.882. The molecular formula is C19H25N5O3. The van der Waals surface area contributed by atoms with Crippen LogP contribution in [0.3, 0.4) is 0 Å². The highest BCUT2D eigenvalue weighted by Gasteiger charge is 2.29. The van der Waals surface area contributed by atoms with Crippen LogP contribution in [-0.4, -0.2) is 47.3 Å². The van der Waals surface area contributed by atoms with E-state index in [4.69, 9.17) is 9.26 Å². The van der Waals surface area contributed by atoms with Gasteiger partial charge in [-0.1, -0.05) is 5.16 Å². The van der Waals surface area contributed by atoms with Crippen molar-refractivity contribution in [2.75, 3.05) is 36.5 Å². The summed E-state index contributed by atoms with van der Waals surface area (Å²) in [6, 6.07) is 1.80. The van der Waals surface area contributed by atoms with Gasteiger partial charge in [-0.2, -0.15) is 0 Å². The Morgan fingerprint density at radius 2 is 1.85 bits per heavy atom. The average Bonchev–Trinajstić information content (AvgIpc) is 3.09. The van der Waals surface area contributed by atoms with Crippen molar-refractivity contribution >= 4 is 17.7 Å². The Bertz CT molecular complexity index is 765. The predicted octanol–water partition coefficient (Wildman–Crippen LogP) is 2.52. The van der Waals surface area contributed by atoms with Crippen molar-refractivity contribution in [3.63, 3.8) is 0 Å². The number of piperidine rings is 1. The summed E-state index contributed by atoms with van der Waals surface area (Å²) in [6.45, 7) is 5.01. The van der Waals surface area contributed by atoms with E-state index >= 15 is 0 Å². The normalized spacial score (nSPS) is 19.2. The van der Waals surface area contributed by atoms with Gasteiger partial charge < -0.3 is 14.2 Å². The maximum absolute atomic E-state index is 12.7. The molecule has 2 aromatic rings. The van der Waals surface area contributed by atoms with Crippen molar-refractivity contribution in [3.8, 4) is 0 Å². The molecule has 144 valence electrons. The highest BCUT2D eigenvalue weighted by Crippen LogP contribution is 2.32. The molecule has 8 heteroatoms. The molecule has 0 saturated carbocycles. The van der Waals surface area contributed by atoms with Crippen molar-refractivity contribution in [3.05, 3.63) is 29.7 Å². The van der Waals surface area contributed by atoms with E-state index in [-0.39, 0.29) is 11.8 Å². The van der Waals surface area contributed by atoms with Crippen molar-refractivity contribution in [1.82, 2.24) is 15.1 Å². The number of hydrogen-bond acceptors (Lipinski definition) is 7. The monoisotopic (exact) mass is 371 g/mol. The fourth-order valence-corrected chi connectivity index (χ4v) is 3.83. The first-order valence-electron chi connectivity index (χ1n) is 9.59. The number of carbonyl (C=O) groups excluding carboxylic acids is 1. The number of aromatic nitrogens is 3. The van der Waals surface area contributed by atoms with E-state index in [9.17, 15) is 4.79 Å². The van der Waals surface area contributed by atoms with Crippen LogP contribution in [0.4, 0.5) is 11.8 Å². The Balaban J connectivity index is 1.34. The number of nitrogens with one attached hydrogen (secondary N) is 1. The van der Waals surface area contributed by atoms with E-state index in [0.29, 0.717) is 11.8 Å². The highest BCUT2D eigenvalue weighted by atomic mass is 16.5. The van der Waals surface area contributed by atoms with E-state index in [1.165, 1.54) is 0 Å². The SMILES string of the molecule is Cc1c(C2CCOCC2)noc1NC(=O)C1CCN(c2ncccn2)CC1. The molecule has 0 radical (unpaired) electrons. The van der Waals surface area contributed by atoms with Gasteiger partial charge in [0.1, 0.15) is 0 Å². The minimum Gasteiger partial charge on any atom is -0.381 e. The van der Waals surface area contributed by atoms with Crippen LogP contribution in [0, 0.1) is 12.8 Å². The zero-order valence-electron chi connectivity index (χ0n) is 15.6. The second-order valence-electron chi connectivity index (χ2n) is 7.21. The first kappa shape index (κ1) is 17.9. The van der Waals surface area contributed by atoms with Gasteiger partial charge in [0.25, 0.3) is 0 Å². The molecule has 1 N–H and O–H groups in total. The number of amides is 1. The summed E-state index contributed by atoms with van der Waals surface area (Å²) in [5.74, 6) is 1.52. The summed E-state index contributed by atoms with van der Waals surface area (Å²) in [4.78, 5) is 23.4. The average molecular weight is 371 g/mol. The number of nitrogens with zero attached hydrogens (tertiary/aromatic N) is 4. The number of carbonyl (C=O) groups is 1. The third-order valence-electron chi connectivity index (χ3n) is 5.51. The Kier molecular flexibility index (Phi) is 5.33. The molecular weight excluding hydrogens is 346 g/mol. The van der Waals surface area contributed by atoms with E-state index < -0.39 is 0 Å². The topological polar surface area (TPSA) is 93.4 Å². The van der Waals surface area contributed by atoms with Gasteiger partial charge in [-0.05, 0) is 38.7 Å². The fraction of sp³-hybridized carbons (Fsp3) is 0.579. The first-order valence-corrected chi connectivity index (χ1v) is 9.59. The molecule has 2 saturated heterocycles. The van der Waals surface area contributed by atoms with Gasteiger partial charge in [0.05, 0.1) is 5.69 Å². The number of ether oxygens (including phenoxy) is 1. The maximum Gasteiger partial charge on any atom is 0.234 e. The Morgan fingerprint density at radius 1 is 1.15 bits per heavy atom. The molecule has 0 bridgehead atoms. The van der Waals surface area contributed by atoms with Crippen molar-refractivity contribution in [2.24, 2.45) is 5.92 Å². The summed E-state index contributed by atoms with van der Waals surface area (Å²) >= 11 is 0. The molecule has 4 rings (SSSR count). The van der Waals surface area contributed by atoms with Crippen LogP contribution in [0.5, 0.6) is 0 Å². The predicted molar refractivity (Wildman–Crippen MR) is 99.6 cm³/mol. The van der Waals surface area contributed by atoms with Crippen LogP contribution in [0.15, 0.2) is 23.0 Å².